The first-order valence-electron chi connectivity index (χ1n) is 7.80. The lowest BCUT2D eigenvalue weighted by atomic mass is 10.1. The van der Waals surface area contributed by atoms with Crippen LogP contribution >= 0.6 is 27.7 Å². The second-order valence-corrected chi connectivity index (χ2v) is 7.50. The third-order valence-electron chi connectivity index (χ3n) is 3.81. The van der Waals surface area contributed by atoms with Crippen molar-refractivity contribution in [3.63, 3.8) is 0 Å². The minimum absolute atomic E-state index is 0.00236. The van der Waals surface area contributed by atoms with Gasteiger partial charge in [0.2, 0.25) is 5.76 Å². The molecule has 29 heavy (non-hydrogen) atoms. The number of aromatic hydroxyl groups is 1. The first-order chi connectivity index (χ1) is 13.7. The van der Waals surface area contributed by atoms with Crippen LogP contribution in [0, 0.1) is 10.1 Å². The number of methoxy groups -OCH3 is 1. The molecule has 3 rings (SSSR count). The first-order valence-corrected chi connectivity index (χ1v) is 9.41. The molecule has 1 aromatic carbocycles. The summed E-state index contributed by atoms with van der Waals surface area (Å²) in [6.07, 6.45) is 1.19. The zero-order valence-corrected chi connectivity index (χ0v) is 17.0. The fourth-order valence-electron chi connectivity index (χ4n) is 2.43. The maximum absolute atomic E-state index is 12.6. The Bertz CT molecular complexity index is 1080. The number of nitro benzene ring substituents is 1. The molecule has 150 valence electrons. The van der Waals surface area contributed by atoms with E-state index in [4.69, 9.17) is 4.42 Å². The monoisotopic (exact) mass is 482 g/mol. The Balaban J connectivity index is 1.86. The number of non-ortho nitro benzene ring substituents is 1. The largest absolute Gasteiger partial charge is 0.506 e. The molecule has 0 aliphatic carbocycles. The van der Waals surface area contributed by atoms with Crippen molar-refractivity contribution in [1.82, 2.24) is 4.90 Å². The van der Waals surface area contributed by atoms with Crippen molar-refractivity contribution >= 4 is 56.6 Å². The van der Waals surface area contributed by atoms with Crippen LogP contribution in [0.1, 0.15) is 21.9 Å². The lowest BCUT2D eigenvalue weighted by Gasteiger charge is -2.10. The number of nitrogens with zero attached hydrogens (tertiary/aromatic N) is 2. The predicted molar refractivity (Wildman–Crippen MR) is 104 cm³/mol. The van der Waals surface area contributed by atoms with Crippen LogP contribution in [0.4, 0.5) is 10.5 Å². The fourth-order valence-corrected chi connectivity index (χ4v) is 3.72. The SMILES string of the molecule is COC(=O)c1ccc(CN2C(=O)S/C(=C/c3cc([N+](=O)[O-])cc(Br)c3O)C2=O)o1. The van der Waals surface area contributed by atoms with Crippen molar-refractivity contribution in [1.29, 1.82) is 0 Å². The van der Waals surface area contributed by atoms with Crippen LogP contribution in [0.3, 0.4) is 0 Å². The summed E-state index contributed by atoms with van der Waals surface area (Å²) in [5, 5.41) is 20.5. The summed E-state index contributed by atoms with van der Waals surface area (Å²) in [6, 6.07) is 4.99. The summed E-state index contributed by atoms with van der Waals surface area (Å²) in [7, 11) is 1.19. The molecule has 12 heteroatoms. The van der Waals surface area contributed by atoms with Gasteiger partial charge in [0.05, 0.1) is 28.0 Å². The number of nitro groups is 1. The number of phenolic OH excluding ortho intramolecular Hbond substituents is 1. The highest BCUT2D eigenvalue weighted by atomic mass is 79.9. The normalized spacial score (nSPS) is 15.2. The molecule has 2 amide bonds. The molecule has 0 unspecified atom stereocenters. The van der Waals surface area contributed by atoms with Crippen LogP contribution in [-0.2, 0) is 16.1 Å². The van der Waals surface area contributed by atoms with Gasteiger partial charge in [0.15, 0.2) is 0 Å². The molecule has 10 nitrogen and oxygen atoms in total. The van der Waals surface area contributed by atoms with Gasteiger partial charge in [-0.25, -0.2) is 4.79 Å². The zero-order valence-electron chi connectivity index (χ0n) is 14.6. The van der Waals surface area contributed by atoms with Crippen LogP contribution in [0.2, 0.25) is 0 Å². The van der Waals surface area contributed by atoms with Crippen LogP contribution in [0.15, 0.2) is 38.1 Å². The van der Waals surface area contributed by atoms with Crippen molar-refractivity contribution in [2.24, 2.45) is 0 Å². The third kappa shape index (κ3) is 4.17. The molecule has 2 heterocycles. The maximum atomic E-state index is 12.6. The minimum Gasteiger partial charge on any atom is -0.506 e. The molecule has 0 saturated carbocycles. The Morgan fingerprint density at radius 3 is 2.79 bits per heavy atom. The lowest BCUT2D eigenvalue weighted by Crippen LogP contribution is -2.27. The van der Waals surface area contributed by atoms with Gasteiger partial charge in [0.25, 0.3) is 16.8 Å². The van der Waals surface area contributed by atoms with Gasteiger partial charge in [-0.05, 0) is 45.9 Å². The van der Waals surface area contributed by atoms with E-state index in [0.29, 0.717) is 11.8 Å². The van der Waals surface area contributed by atoms with E-state index >= 15 is 0 Å². The molecule has 1 fully saturated rings. The highest BCUT2D eigenvalue weighted by molar-refractivity contribution is 9.10. The Kier molecular flexibility index (Phi) is 5.75. The highest BCUT2D eigenvalue weighted by Gasteiger charge is 2.36. The number of amides is 2. The zero-order chi connectivity index (χ0) is 21.3. The van der Waals surface area contributed by atoms with Crippen molar-refractivity contribution < 1.29 is 33.6 Å². The predicted octanol–water partition coefficient (Wildman–Crippen LogP) is 3.68. The number of thioether (sulfide) groups is 1. The van der Waals surface area contributed by atoms with E-state index < -0.39 is 22.0 Å². The van der Waals surface area contributed by atoms with E-state index in [-0.39, 0.29) is 44.4 Å². The van der Waals surface area contributed by atoms with Crippen molar-refractivity contribution in [2.75, 3.05) is 7.11 Å². The number of imide groups is 1. The van der Waals surface area contributed by atoms with Crippen LogP contribution < -0.4 is 0 Å². The summed E-state index contributed by atoms with van der Waals surface area (Å²) in [6.45, 7) is -0.219. The number of furan rings is 1. The van der Waals surface area contributed by atoms with Crippen molar-refractivity contribution in [3.05, 3.63) is 60.8 Å². The van der Waals surface area contributed by atoms with Gasteiger partial charge in [0.1, 0.15) is 11.5 Å². The standard InChI is InChI=1S/C17H11BrN2O8S/c1-27-16(23)12-3-2-10(28-12)7-19-15(22)13(29-17(19)24)5-8-4-9(20(25)26)6-11(18)14(8)21/h2-6,21H,7H2,1H3/b13-5+. The Morgan fingerprint density at radius 1 is 1.41 bits per heavy atom. The van der Waals surface area contributed by atoms with Gasteiger partial charge >= 0.3 is 5.97 Å². The van der Waals surface area contributed by atoms with E-state index in [1.54, 1.807) is 0 Å². The van der Waals surface area contributed by atoms with E-state index in [2.05, 4.69) is 20.7 Å². The van der Waals surface area contributed by atoms with Gasteiger partial charge in [-0.3, -0.25) is 24.6 Å². The van der Waals surface area contributed by atoms with Crippen LogP contribution in [-0.4, -0.2) is 39.2 Å². The average Bonchev–Trinajstić information content (AvgIpc) is 3.25. The molecule has 1 saturated heterocycles. The number of halogens is 1. The Labute approximate surface area is 175 Å². The van der Waals surface area contributed by atoms with Crippen LogP contribution in [0.25, 0.3) is 6.08 Å². The number of carbonyl (C=O) groups excluding carboxylic acids is 3. The van der Waals surface area contributed by atoms with Crippen LogP contribution in [0.5, 0.6) is 5.75 Å². The summed E-state index contributed by atoms with van der Waals surface area (Å²) in [5.41, 5.74) is -0.298. The van der Waals surface area contributed by atoms with Crippen molar-refractivity contribution in [3.8, 4) is 5.75 Å². The molecule has 0 bridgehead atoms. The maximum Gasteiger partial charge on any atom is 0.373 e. The molecule has 1 aromatic heterocycles. The fraction of sp³-hybridized carbons (Fsp3) is 0.118. The first kappa shape index (κ1) is 20.6. The molecule has 0 atom stereocenters. The molecule has 2 aromatic rings. The number of phenols is 1. The number of ether oxygens (including phenoxy) is 1. The summed E-state index contributed by atoms with van der Waals surface area (Å²) >= 11 is 3.63. The Hall–Kier alpha value is -3.12. The summed E-state index contributed by atoms with van der Waals surface area (Å²) in [4.78, 5) is 47.5. The number of carbonyl (C=O) groups is 3. The van der Waals surface area contributed by atoms with Gasteiger partial charge in [-0.2, -0.15) is 0 Å². The number of esters is 1. The topological polar surface area (TPSA) is 140 Å². The minimum atomic E-state index is -0.697. The van der Waals surface area contributed by atoms with Crippen molar-refractivity contribution in [2.45, 2.75) is 6.54 Å². The number of benzene rings is 1. The van der Waals surface area contributed by atoms with Gasteiger partial charge in [0, 0.05) is 17.7 Å². The number of hydrogen-bond acceptors (Lipinski definition) is 9. The summed E-state index contributed by atoms with van der Waals surface area (Å²) in [5.74, 6) is -1.56. The molecule has 1 N–H and O–H groups in total. The van der Waals surface area contributed by atoms with E-state index in [9.17, 15) is 29.6 Å². The Morgan fingerprint density at radius 2 is 2.14 bits per heavy atom. The average molecular weight is 483 g/mol. The quantitative estimate of drug-likeness (QED) is 0.292. The molecule has 0 radical (unpaired) electrons. The molecular weight excluding hydrogens is 472 g/mol. The molecule has 0 spiro atoms. The molecule has 1 aliphatic heterocycles. The lowest BCUT2D eigenvalue weighted by molar-refractivity contribution is -0.385. The van der Waals surface area contributed by atoms with E-state index in [1.165, 1.54) is 25.3 Å². The smallest absolute Gasteiger partial charge is 0.373 e. The second kappa shape index (κ2) is 8.09. The molecular formula is C17H11BrN2O8S. The highest BCUT2D eigenvalue weighted by Crippen LogP contribution is 2.38. The van der Waals surface area contributed by atoms with E-state index in [1.807, 2.05) is 0 Å². The molecule has 1 aliphatic rings. The summed E-state index contributed by atoms with van der Waals surface area (Å²) < 4.78 is 9.85. The van der Waals surface area contributed by atoms with Gasteiger partial charge in [-0.1, -0.05) is 0 Å². The van der Waals surface area contributed by atoms with E-state index in [0.717, 1.165) is 17.0 Å². The van der Waals surface area contributed by atoms with Gasteiger partial charge < -0.3 is 14.3 Å². The number of rotatable bonds is 5. The van der Waals surface area contributed by atoms with Gasteiger partial charge in [-0.15, -0.1) is 0 Å². The number of hydrogen-bond donors (Lipinski definition) is 1. The second-order valence-electron chi connectivity index (χ2n) is 5.65. The third-order valence-corrected chi connectivity index (χ3v) is 5.32.